The minimum atomic E-state index is 0. The molecule has 2 N–H and O–H groups in total. The predicted molar refractivity (Wildman–Crippen MR) is 88.4 cm³/mol. The van der Waals surface area contributed by atoms with Gasteiger partial charge in [-0.15, -0.1) is 12.4 Å². The molecule has 3 rings (SSSR count). The summed E-state index contributed by atoms with van der Waals surface area (Å²) < 4.78 is 0. The van der Waals surface area contributed by atoms with Gasteiger partial charge in [-0.2, -0.15) is 0 Å². The molecule has 0 aromatic carbocycles. The molecule has 2 atom stereocenters. The van der Waals surface area contributed by atoms with Crippen molar-refractivity contribution in [2.24, 2.45) is 23.5 Å². The van der Waals surface area contributed by atoms with E-state index in [2.05, 4.69) is 11.8 Å². The van der Waals surface area contributed by atoms with Gasteiger partial charge in [0.1, 0.15) is 0 Å². The van der Waals surface area contributed by atoms with Gasteiger partial charge in [-0.25, -0.2) is 0 Å². The third kappa shape index (κ3) is 3.73. The Labute approximate surface area is 135 Å². The summed E-state index contributed by atoms with van der Waals surface area (Å²) in [5.74, 6) is 2.00. The normalized spacial score (nSPS) is 36.1. The van der Waals surface area contributed by atoms with E-state index in [1.165, 1.54) is 44.9 Å². The summed E-state index contributed by atoms with van der Waals surface area (Å²) in [4.78, 5) is 15.4. The molecule has 4 heteroatoms. The van der Waals surface area contributed by atoms with Gasteiger partial charge in [0.05, 0.1) is 0 Å². The van der Waals surface area contributed by atoms with E-state index in [1.807, 2.05) is 0 Å². The van der Waals surface area contributed by atoms with Crippen LogP contribution >= 0.6 is 12.4 Å². The molecule has 0 aromatic rings. The van der Waals surface area contributed by atoms with Gasteiger partial charge in [-0.1, -0.05) is 13.3 Å². The zero-order valence-electron chi connectivity index (χ0n) is 13.3. The second kappa shape index (κ2) is 7.32. The Hall–Kier alpha value is -0.280. The molecule has 122 valence electrons. The van der Waals surface area contributed by atoms with Crippen LogP contribution in [0.2, 0.25) is 0 Å². The molecule has 3 fully saturated rings. The average Bonchev–Trinajstić information content (AvgIpc) is 3.17. The second-order valence-corrected chi connectivity index (χ2v) is 7.42. The molecule has 0 spiro atoms. The molecule has 0 saturated heterocycles. The molecule has 0 aromatic heterocycles. The lowest BCUT2D eigenvalue weighted by Gasteiger charge is -2.38. The van der Waals surface area contributed by atoms with Crippen molar-refractivity contribution in [1.82, 2.24) is 4.90 Å². The standard InChI is InChI=1S/C17H30N2O.ClH/c1-12-5-7-14(8-6-12)19(15-9-10-15)17(20)16-4-2-3-13(16)11-18;/h12-16H,2-11,18H2,1H3;1H/t12?,13-,14?,16-;/m1./s1. The van der Waals surface area contributed by atoms with Crippen LogP contribution in [0.1, 0.15) is 64.7 Å². The van der Waals surface area contributed by atoms with Crippen molar-refractivity contribution in [3.05, 3.63) is 0 Å². The van der Waals surface area contributed by atoms with Crippen molar-refractivity contribution >= 4 is 18.3 Å². The maximum atomic E-state index is 13.0. The lowest BCUT2D eigenvalue weighted by Crippen LogP contribution is -2.47. The van der Waals surface area contributed by atoms with E-state index >= 15 is 0 Å². The van der Waals surface area contributed by atoms with Crippen LogP contribution in [-0.4, -0.2) is 29.4 Å². The van der Waals surface area contributed by atoms with E-state index < -0.39 is 0 Å². The van der Waals surface area contributed by atoms with E-state index in [-0.39, 0.29) is 18.3 Å². The monoisotopic (exact) mass is 314 g/mol. The van der Waals surface area contributed by atoms with Crippen molar-refractivity contribution < 1.29 is 4.79 Å². The number of halogens is 1. The first-order valence-corrected chi connectivity index (χ1v) is 8.73. The van der Waals surface area contributed by atoms with Crippen LogP contribution in [0.15, 0.2) is 0 Å². The second-order valence-electron chi connectivity index (χ2n) is 7.42. The first-order chi connectivity index (χ1) is 9.70. The molecule has 0 aliphatic heterocycles. The molecule has 1 amide bonds. The van der Waals surface area contributed by atoms with Crippen LogP contribution in [0.3, 0.4) is 0 Å². The number of carbonyl (C=O) groups excluding carboxylic acids is 1. The van der Waals surface area contributed by atoms with Crippen LogP contribution in [0, 0.1) is 17.8 Å². The Morgan fingerprint density at radius 1 is 1.00 bits per heavy atom. The van der Waals surface area contributed by atoms with E-state index in [0.717, 1.165) is 18.8 Å². The lowest BCUT2D eigenvalue weighted by molar-refractivity contribution is -0.140. The largest absolute Gasteiger partial charge is 0.336 e. The maximum Gasteiger partial charge on any atom is 0.226 e. The highest BCUT2D eigenvalue weighted by molar-refractivity contribution is 5.85. The van der Waals surface area contributed by atoms with E-state index in [1.54, 1.807) is 0 Å². The van der Waals surface area contributed by atoms with E-state index in [9.17, 15) is 4.79 Å². The van der Waals surface area contributed by atoms with Crippen LogP contribution < -0.4 is 5.73 Å². The Balaban J connectivity index is 0.00000161. The summed E-state index contributed by atoms with van der Waals surface area (Å²) in [5.41, 5.74) is 5.88. The van der Waals surface area contributed by atoms with Crippen molar-refractivity contribution in [2.75, 3.05) is 6.54 Å². The Bertz CT molecular complexity index is 351. The smallest absolute Gasteiger partial charge is 0.226 e. The summed E-state index contributed by atoms with van der Waals surface area (Å²) in [7, 11) is 0. The highest BCUT2D eigenvalue weighted by atomic mass is 35.5. The van der Waals surface area contributed by atoms with Crippen LogP contribution in [0.25, 0.3) is 0 Å². The molecule has 0 bridgehead atoms. The van der Waals surface area contributed by atoms with E-state index in [4.69, 9.17) is 5.73 Å². The van der Waals surface area contributed by atoms with Gasteiger partial charge >= 0.3 is 0 Å². The van der Waals surface area contributed by atoms with Crippen molar-refractivity contribution in [2.45, 2.75) is 76.8 Å². The number of hydrogen-bond donors (Lipinski definition) is 1. The van der Waals surface area contributed by atoms with Crippen LogP contribution in [0.5, 0.6) is 0 Å². The molecular formula is C17H31ClN2O. The SMILES string of the molecule is CC1CCC(N(C(=O)[C@@H]2CCC[C@@H]2CN)C2CC2)CC1.Cl. The lowest BCUT2D eigenvalue weighted by atomic mass is 9.85. The molecule has 0 unspecified atom stereocenters. The van der Waals surface area contributed by atoms with Crippen molar-refractivity contribution in [1.29, 1.82) is 0 Å². The highest BCUT2D eigenvalue weighted by Gasteiger charge is 2.43. The fourth-order valence-corrected chi connectivity index (χ4v) is 4.37. The first-order valence-electron chi connectivity index (χ1n) is 8.73. The minimum absolute atomic E-state index is 0. The van der Waals surface area contributed by atoms with Gasteiger partial charge in [0.25, 0.3) is 0 Å². The zero-order valence-corrected chi connectivity index (χ0v) is 14.1. The summed E-state index contributed by atoms with van der Waals surface area (Å²) in [5, 5.41) is 0. The Morgan fingerprint density at radius 2 is 1.57 bits per heavy atom. The molecule has 3 aliphatic rings. The third-order valence-corrected chi connectivity index (χ3v) is 5.85. The molecule has 21 heavy (non-hydrogen) atoms. The molecule has 0 heterocycles. The van der Waals surface area contributed by atoms with Crippen LogP contribution in [-0.2, 0) is 4.79 Å². The van der Waals surface area contributed by atoms with Gasteiger partial charge in [0, 0.05) is 18.0 Å². The molecule has 3 aliphatic carbocycles. The fraction of sp³-hybridized carbons (Fsp3) is 0.941. The number of carbonyl (C=O) groups is 1. The molecular weight excluding hydrogens is 284 g/mol. The van der Waals surface area contributed by atoms with E-state index in [0.29, 0.717) is 30.5 Å². The number of nitrogens with two attached hydrogens (primary N) is 1. The summed E-state index contributed by atoms with van der Waals surface area (Å²) >= 11 is 0. The van der Waals surface area contributed by atoms with Gasteiger partial charge in [-0.3, -0.25) is 4.79 Å². The topological polar surface area (TPSA) is 46.3 Å². The minimum Gasteiger partial charge on any atom is -0.336 e. The number of hydrogen-bond acceptors (Lipinski definition) is 2. The number of amides is 1. The average molecular weight is 315 g/mol. The molecule has 3 nitrogen and oxygen atoms in total. The first kappa shape index (κ1) is 17.1. The van der Waals surface area contributed by atoms with Crippen molar-refractivity contribution in [3.63, 3.8) is 0 Å². The number of rotatable bonds is 4. The predicted octanol–water partition coefficient (Wildman–Crippen LogP) is 3.35. The quantitative estimate of drug-likeness (QED) is 0.865. The summed E-state index contributed by atoms with van der Waals surface area (Å²) in [6.07, 6.45) is 10.9. The molecule has 3 saturated carbocycles. The van der Waals surface area contributed by atoms with Crippen molar-refractivity contribution in [3.8, 4) is 0 Å². The van der Waals surface area contributed by atoms with Gasteiger partial charge in [-0.05, 0) is 69.7 Å². The Kier molecular flexibility index (Phi) is 5.96. The van der Waals surface area contributed by atoms with Gasteiger partial charge < -0.3 is 10.6 Å². The van der Waals surface area contributed by atoms with Crippen LogP contribution in [0.4, 0.5) is 0 Å². The maximum absolute atomic E-state index is 13.0. The Morgan fingerprint density at radius 3 is 2.10 bits per heavy atom. The van der Waals surface area contributed by atoms with Gasteiger partial charge in [0.15, 0.2) is 0 Å². The summed E-state index contributed by atoms with van der Waals surface area (Å²) in [6.45, 7) is 3.04. The summed E-state index contributed by atoms with van der Waals surface area (Å²) in [6, 6.07) is 1.10. The molecule has 0 radical (unpaired) electrons. The highest BCUT2D eigenvalue weighted by Crippen LogP contribution is 2.40. The van der Waals surface area contributed by atoms with Gasteiger partial charge in [0.2, 0.25) is 5.91 Å². The fourth-order valence-electron chi connectivity index (χ4n) is 4.37. The third-order valence-electron chi connectivity index (χ3n) is 5.85. The zero-order chi connectivity index (χ0) is 14.1. The number of nitrogens with zero attached hydrogens (tertiary/aromatic N) is 1.